The molecule has 8 nitrogen and oxygen atoms in total. The fraction of sp³-hybridized carbons (Fsp3) is 0.500. The largest absolute Gasteiger partial charge is 0.339 e. The van der Waals surface area contributed by atoms with E-state index in [9.17, 15) is 9.59 Å². The molecule has 1 aromatic carbocycles. The second-order valence-electron chi connectivity index (χ2n) is 7.75. The van der Waals surface area contributed by atoms with Gasteiger partial charge in [-0.25, -0.2) is 14.5 Å². The highest BCUT2D eigenvalue weighted by molar-refractivity contribution is 5.89. The number of rotatable bonds is 5. The number of benzene rings is 1. The molecular weight excluding hydrogens is 356 g/mol. The third kappa shape index (κ3) is 4.00. The number of urea groups is 1. The normalized spacial score (nSPS) is 20.0. The molecule has 0 bridgehead atoms. The van der Waals surface area contributed by atoms with Gasteiger partial charge in [0.25, 0.3) is 0 Å². The molecule has 8 heteroatoms. The average Bonchev–Trinajstić information content (AvgIpc) is 3.44. The topological polar surface area (TPSA) is 83.4 Å². The Balaban J connectivity index is 1.29. The Bertz CT molecular complexity index is 814. The second kappa shape index (κ2) is 8.00. The van der Waals surface area contributed by atoms with Crippen LogP contribution < -0.4 is 5.32 Å². The first-order valence-corrected chi connectivity index (χ1v) is 9.87. The maximum absolute atomic E-state index is 12.5. The molecule has 0 unspecified atom stereocenters. The number of nitrogens with one attached hydrogen (secondary N) is 1. The van der Waals surface area contributed by atoms with Gasteiger partial charge in [0.15, 0.2) is 0 Å². The third-order valence-electron chi connectivity index (χ3n) is 5.68. The molecule has 28 heavy (non-hydrogen) atoms. The highest BCUT2D eigenvalue weighted by Crippen LogP contribution is 2.29. The zero-order valence-corrected chi connectivity index (χ0v) is 16.1. The van der Waals surface area contributed by atoms with Gasteiger partial charge in [-0.2, -0.15) is 5.10 Å². The Morgan fingerprint density at radius 3 is 2.68 bits per heavy atom. The van der Waals surface area contributed by atoms with Gasteiger partial charge in [0.05, 0.1) is 5.69 Å². The summed E-state index contributed by atoms with van der Waals surface area (Å²) in [5.74, 6) is 0.452. The summed E-state index contributed by atoms with van der Waals surface area (Å²) in [6, 6.07) is 7.67. The maximum atomic E-state index is 12.5. The molecule has 0 spiro atoms. The molecule has 2 fully saturated rings. The van der Waals surface area contributed by atoms with Crippen molar-refractivity contribution in [3.8, 4) is 5.69 Å². The number of anilines is 1. The minimum Gasteiger partial charge on any atom is -0.339 e. The van der Waals surface area contributed by atoms with E-state index in [2.05, 4.69) is 15.4 Å². The predicted molar refractivity (Wildman–Crippen MR) is 105 cm³/mol. The van der Waals surface area contributed by atoms with Crippen LogP contribution in [0.1, 0.15) is 32.1 Å². The van der Waals surface area contributed by atoms with Crippen LogP contribution >= 0.6 is 0 Å². The highest BCUT2D eigenvalue weighted by Gasteiger charge is 2.36. The number of aromatic nitrogens is 3. The first-order chi connectivity index (χ1) is 13.6. The van der Waals surface area contributed by atoms with E-state index < -0.39 is 0 Å². The van der Waals surface area contributed by atoms with E-state index in [1.165, 1.54) is 19.2 Å². The molecule has 2 heterocycles. The lowest BCUT2D eigenvalue weighted by atomic mass is 10.1. The summed E-state index contributed by atoms with van der Waals surface area (Å²) in [6.45, 7) is 1.35. The molecule has 1 aliphatic carbocycles. The average molecular weight is 382 g/mol. The van der Waals surface area contributed by atoms with E-state index in [0.29, 0.717) is 19.0 Å². The van der Waals surface area contributed by atoms with Gasteiger partial charge >= 0.3 is 6.03 Å². The van der Waals surface area contributed by atoms with Gasteiger partial charge in [0.2, 0.25) is 5.91 Å². The monoisotopic (exact) mass is 382 g/mol. The van der Waals surface area contributed by atoms with Crippen LogP contribution in [-0.2, 0) is 4.79 Å². The highest BCUT2D eigenvalue weighted by atomic mass is 16.2. The molecule has 1 aromatic heterocycles. The zero-order chi connectivity index (χ0) is 19.5. The lowest BCUT2D eigenvalue weighted by Crippen LogP contribution is -2.37. The molecule has 1 atom stereocenters. The van der Waals surface area contributed by atoms with Crippen LogP contribution in [0, 0.1) is 5.92 Å². The Morgan fingerprint density at radius 2 is 2.00 bits per heavy atom. The number of hydrogen-bond acceptors (Lipinski definition) is 4. The van der Waals surface area contributed by atoms with Gasteiger partial charge in [-0.3, -0.25) is 4.79 Å². The first-order valence-electron chi connectivity index (χ1n) is 9.87. The number of nitrogens with zero attached hydrogens (tertiary/aromatic N) is 5. The van der Waals surface area contributed by atoms with Crippen molar-refractivity contribution in [2.45, 2.75) is 38.1 Å². The van der Waals surface area contributed by atoms with Crippen molar-refractivity contribution in [1.29, 1.82) is 0 Å². The predicted octanol–water partition coefficient (Wildman–Crippen LogP) is 2.52. The van der Waals surface area contributed by atoms with Crippen LogP contribution in [-0.4, -0.2) is 62.7 Å². The van der Waals surface area contributed by atoms with Gasteiger partial charge in [-0.1, -0.05) is 12.8 Å². The summed E-state index contributed by atoms with van der Waals surface area (Å²) >= 11 is 0. The molecule has 2 aliphatic rings. The smallest absolute Gasteiger partial charge is 0.321 e. The first kappa shape index (κ1) is 18.5. The Morgan fingerprint density at radius 1 is 1.25 bits per heavy atom. The summed E-state index contributed by atoms with van der Waals surface area (Å²) in [4.78, 5) is 32.5. The van der Waals surface area contributed by atoms with Crippen molar-refractivity contribution in [3.05, 3.63) is 36.9 Å². The van der Waals surface area contributed by atoms with Crippen molar-refractivity contribution in [2.24, 2.45) is 5.92 Å². The lowest BCUT2D eigenvalue weighted by Gasteiger charge is -2.25. The molecular formula is C20H26N6O2. The van der Waals surface area contributed by atoms with Gasteiger partial charge < -0.3 is 15.1 Å². The van der Waals surface area contributed by atoms with Crippen molar-refractivity contribution in [1.82, 2.24) is 24.6 Å². The molecule has 3 amide bonds. The molecule has 1 N–H and O–H groups in total. The van der Waals surface area contributed by atoms with Crippen molar-refractivity contribution in [3.63, 3.8) is 0 Å². The summed E-state index contributed by atoms with van der Waals surface area (Å²) in [6.07, 6.45) is 8.33. The number of amides is 3. The van der Waals surface area contributed by atoms with Crippen LogP contribution in [0.5, 0.6) is 0 Å². The van der Waals surface area contributed by atoms with E-state index in [0.717, 1.165) is 30.8 Å². The molecule has 2 aromatic rings. The van der Waals surface area contributed by atoms with E-state index in [-0.39, 0.29) is 17.9 Å². The van der Waals surface area contributed by atoms with Crippen LogP contribution in [0.25, 0.3) is 5.69 Å². The molecule has 1 saturated carbocycles. The molecule has 4 rings (SSSR count). The minimum atomic E-state index is -0.166. The second-order valence-corrected chi connectivity index (χ2v) is 7.75. The van der Waals surface area contributed by atoms with Crippen LogP contribution in [0.3, 0.4) is 0 Å². The van der Waals surface area contributed by atoms with Crippen LogP contribution in [0.15, 0.2) is 36.9 Å². The Kier molecular flexibility index (Phi) is 5.27. The van der Waals surface area contributed by atoms with E-state index in [1.807, 2.05) is 29.2 Å². The van der Waals surface area contributed by atoms with Crippen molar-refractivity contribution >= 4 is 17.6 Å². The molecule has 0 radical (unpaired) electrons. The summed E-state index contributed by atoms with van der Waals surface area (Å²) in [7, 11) is 1.78. The van der Waals surface area contributed by atoms with Gasteiger partial charge in [0, 0.05) is 44.2 Å². The van der Waals surface area contributed by atoms with Crippen LogP contribution in [0.4, 0.5) is 10.5 Å². The zero-order valence-electron chi connectivity index (χ0n) is 16.1. The van der Waals surface area contributed by atoms with E-state index in [4.69, 9.17) is 0 Å². The Labute approximate surface area is 164 Å². The number of carbonyl (C=O) groups excluding carboxylic acids is 2. The Hall–Kier alpha value is -2.90. The summed E-state index contributed by atoms with van der Waals surface area (Å²) in [5, 5.41) is 6.99. The number of likely N-dealkylation sites (tertiary alicyclic amines) is 1. The third-order valence-corrected chi connectivity index (χ3v) is 5.68. The van der Waals surface area contributed by atoms with Crippen molar-refractivity contribution in [2.75, 3.05) is 25.5 Å². The van der Waals surface area contributed by atoms with E-state index in [1.54, 1.807) is 23.0 Å². The quantitative estimate of drug-likeness (QED) is 0.861. The van der Waals surface area contributed by atoms with Crippen molar-refractivity contribution < 1.29 is 9.59 Å². The van der Waals surface area contributed by atoms with Gasteiger partial charge in [-0.15, -0.1) is 0 Å². The minimum absolute atomic E-state index is 0.166. The number of hydrogen-bond donors (Lipinski definition) is 1. The van der Waals surface area contributed by atoms with Crippen LogP contribution in [0.2, 0.25) is 0 Å². The number of carbonyl (C=O) groups is 2. The van der Waals surface area contributed by atoms with Gasteiger partial charge in [-0.05, 0) is 37.1 Å². The SMILES string of the molecule is CN(C[C@H]1CC(=O)N(C2CCCC2)C1)C(=O)Nc1ccc(-n2cncn2)cc1. The molecule has 148 valence electrons. The summed E-state index contributed by atoms with van der Waals surface area (Å²) < 4.78 is 1.66. The summed E-state index contributed by atoms with van der Waals surface area (Å²) in [5.41, 5.74) is 1.59. The van der Waals surface area contributed by atoms with Gasteiger partial charge in [0.1, 0.15) is 12.7 Å². The fourth-order valence-electron chi connectivity index (χ4n) is 4.23. The standard InChI is InChI=1S/C20H26N6O2/c1-24(11-15-10-19(27)25(12-15)17-4-2-3-5-17)20(28)23-16-6-8-18(9-7-16)26-14-21-13-22-26/h6-9,13-15,17H,2-5,10-12H2,1H3,(H,23,28)/t15-/m1/s1. The molecule has 1 aliphatic heterocycles. The van der Waals surface area contributed by atoms with E-state index >= 15 is 0 Å². The lowest BCUT2D eigenvalue weighted by molar-refractivity contribution is -0.129. The maximum Gasteiger partial charge on any atom is 0.321 e. The fourth-order valence-corrected chi connectivity index (χ4v) is 4.23. The molecule has 1 saturated heterocycles.